The summed E-state index contributed by atoms with van der Waals surface area (Å²) in [7, 11) is 3.17. The first kappa shape index (κ1) is 26.3. The summed E-state index contributed by atoms with van der Waals surface area (Å²) in [5, 5.41) is 7.26. The Morgan fingerprint density at radius 3 is 2.77 bits per heavy atom. The highest BCUT2D eigenvalue weighted by Gasteiger charge is 2.23. The second kappa shape index (κ2) is 12.1. The summed E-state index contributed by atoms with van der Waals surface area (Å²) >= 11 is 0. The molecule has 0 spiro atoms. The third-order valence-electron chi connectivity index (χ3n) is 7.47. The molecule has 0 bridgehead atoms. The first-order valence-electron chi connectivity index (χ1n) is 13.4. The molecule has 39 heavy (non-hydrogen) atoms. The number of aryl methyl sites for hydroxylation is 2. The maximum absolute atomic E-state index is 12.9. The van der Waals surface area contributed by atoms with Crippen LogP contribution in [0.15, 0.2) is 65.4 Å². The van der Waals surface area contributed by atoms with Crippen molar-refractivity contribution in [2.75, 3.05) is 39.2 Å². The van der Waals surface area contributed by atoms with E-state index >= 15 is 0 Å². The molecule has 3 aromatic rings. The number of piperidine rings is 1. The van der Waals surface area contributed by atoms with Crippen LogP contribution in [0.3, 0.4) is 0 Å². The minimum atomic E-state index is -0.134. The molecule has 1 fully saturated rings. The topological polar surface area (TPSA) is 92.5 Å². The molecule has 1 aromatic heterocycles. The monoisotopic (exact) mass is 528 g/mol. The van der Waals surface area contributed by atoms with Gasteiger partial charge in [0.1, 0.15) is 11.5 Å². The van der Waals surface area contributed by atoms with E-state index in [2.05, 4.69) is 51.2 Å². The summed E-state index contributed by atoms with van der Waals surface area (Å²) in [4.78, 5) is 24.1. The summed E-state index contributed by atoms with van der Waals surface area (Å²) in [5.74, 6) is 2.16. The molecule has 5 rings (SSSR count). The van der Waals surface area contributed by atoms with Gasteiger partial charge in [0.05, 0.1) is 25.4 Å². The zero-order valence-corrected chi connectivity index (χ0v) is 22.7. The zero-order valence-electron chi connectivity index (χ0n) is 22.7. The average molecular weight is 529 g/mol. The van der Waals surface area contributed by atoms with Crippen LogP contribution >= 0.6 is 0 Å². The molecule has 2 aliphatic rings. The Morgan fingerprint density at radius 1 is 1.15 bits per heavy atom. The van der Waals surface area contributed by atoms with E-state index in [9.17, 15) is 4.79 Å². The van der Waals surface area contributed by atoms with Crippen molar-refractivity contribution in [2.45, 2.75) is 32.2 Å². The Bertz CT molecular complexity index is 1400. The Kier molecular flexibility index (Phi) is 8.15. The van der Waals surface area contributed by atoms with Gasteiger partial charge in [-0.25, -0.2) is 9.79 Å². The number of urea groups is 1. The maximum Gasteiger partial charge on any atom is 0.321 e. The molecular formula is C30H36N6O3. The van der Waals surface area contributed by atoms with Gasteiger partial charge in [-0.2, -0.15) is 0 Å². The largest absolute Gasteiger partial charge is 0.497 e. The minimum Gasteiger partial charge on any atom is -0.497 e. The van der Waals surface area contributed by atoms with Gasteiger partial charge in [0.15, 0.2) is 0 Å². The van der Waals surface area contributed by atoms with Gasteiger partial charge in [0.25, 0.3) is 0 Å². The van der Waals surface area contributed by atoms with Gasteiger partial charge in [-0.3, -0.25) is 4.99 Å². The number of hydrogen-bond donors (Lipinski definition) is 2. The van der Waals surface area contributed by atoms with Gasteiger partial charge in [0.2, 0.25) is 5.96 Å². The molecule has 204 valence electrons. The van der Waals surface area contributed by atoms with Crippen molar-refractivity contribution in [3.05, 3.63) is 66.5 Å². The summed E-state index contributed by atoms with van der Waals surface area (Å²) < 4.78 is 13.0. The number of rotatable bonds is 7. The number of anilines is 1. The Morgan fingerprint density at radius 2 is 2.00 bits per heavy atom. The van der Waals surface area contributed by atoms with Crippen LogP contribution in [0.25, 0.3) is 10.9 Å². The van der Waals surface area contributed by atoms with Crippen LogP contribution in [0.2, 0.25) is 0 Å². The van der Waals surface area contributed by atoms with Crippen molar-refractivity contribution in [2.24, 2.45) is 15.9 Å². The second-order valence-corrected chi connectivity index (χ2v) is 9.89. The number of carbonyl (C=O) groups excluding carboxylic acids is 1. The number of aromatic nitrogens is 1. The fourth-order valence-electron chi connectivity index (χ4n) is 5.36. The number of likely N-dealkylation sites (tertiary alicyclic amines) is 1. The number of benzene rings is 2. The summed E-state index contributed by atoms with van der Waals surface area (Å²) in [6, 6.07) is 11.7. The van der Waals surface area contributed by atoms with Gasteiger partial charge in [0, 0.05) is 55.6 Å². The fourth-order valence-corrected chi connectivity index (χ4v) is 5.36. The number of hydrogen-bond acceptors (Lipinski definition) is 4. The van der Waals surface area contributed by atoms with Crippen molar-refractivity contribution in [1.29, 1.82) is 0 Å². The summed E-state index contributed by atoms with van der Waals surface area (Å²) in [6.45, 7) is 6.80. The number of guanidine groups is 1. The lowest BCUT2D eigenvalue weighted by molar-refractivity contribution is 0.184. The van der Waals surface area contributed by atoms with E-state index in [1.54, 1.807) is 38.6 Å². The first-order valence-corrected chi connectivity index (χ1v) is 13.4. The minimum absolute atomic E-state index is 0.134. The molecule has 9 heteroatoms. The molecule has 3 heterocycles. The van der Waals surface area contributed by atoms with Crippen LogP contribution < -0.4 is 20.1 Å². The smallest absolute Gasteiger partial charge is 0.321 e. The van der Waals surface area contributed by atoms with Crippen LogP contribution in [0.1, 0.15) is 30.4 Å². The summed E-state index contributed by atoms with van der Waals surface area (Å²) in [6.07, 6.45) is 9.72. The van der Waals surface area contributed by atoms with Crippen LogP contribution in [0, 0.1) is 5.92 Å². The van der Waals surface area contributed by atoms with Crippen LogP contribution in [-0.2, 0) is 13.0 Å². The second-order valence-electron chi connectivity index (χ2n) is 9.89. The highest BCUT2D eigenvalue weighted by molar-refractivity contribution is 6.04. The molecule has 0 radical (unpaired) electrons. The van der Waals surface area contributed by atoms with Crippen molar-refractivity contribution >= 4 is 34.8 Å². The molecule has 2 aromatic carbocycles. The zero-order chi connectivity index (χ0) is 27.2. The average Bonchev–Trinajstić information content (AvgIpc) is 3.34. The number of carbonyl (C=O) groups is 1. The van der Waals surface area contributed by atoms with E-state index in [4.69, 9.17) is 14.5 Å². The van der Waals surface area contributed by atoms with Gasteiger partial charge in [-0.15, -0.1) is 0 Å². The quantitative estimate of drug-likeness (QED) is 0.331. The number of aliphatic imine (C=N–C) groups is 2. The molecule has 0 aliphatic carbocycles. The number of para-hydroxylation sites is 1. The van der Waals surface area contributed by atoms with Crippen molar-refractivity contribution in [1.82, 2.24) is 14.8 Å². The molecule has 1 saturated heterocycles. The van der Waals surface area contributed by atoms with E-state index in [-0.39, 0.29) is 6.03 Å². The van der Waals surface area contributed by atoms with Gasteiger partial charge >= 0.3 is 6.03 Å². The van der Waals surface area contributed by atoms with Gasteiger partial charge < -0.3 is 29.6 Å². The predicted octanol–water partition coefficient (Wildman–Crippen LogP) is 5.06. The highest BCUT2D eigenvalue weighted by Crippen LogP contribution is 2.30. The molecule has 2 N–H and O–H groups in total. The molecular weight excluding hydrogens is 492 g/mol. The SMILES string of the molecule is C=CNC(N=Cc1cn2c3c(cccc13)CCC2)=NCC1CCN(C(=O)Nc2ccc(OC)cc2OC)CC1. The van der Waals surface area contributed by atoms with Crippen LogP contribution in [0.4, 0.5) is 10.5 Å². The van der Waals surface area contributed by atoms with E-state index in [0.29, 0.717) is 48.7 Å². The number of amides is 2. The van der Waals surface area contributed by atoms with Crippen LogP contribution in [-0.4, -0.2) is 61.5 Å². The van der Waals surface area contributed by atoms with Crippen molar-refractivity contribution in [3.8, 4) is 11.5 Å². The van der Waals surface area contributed by atoms with E-state index in [1.807, 2.05) is 11.1 Å². The van der Waals surface area contributed by atoms with Crippen LogP contribution in [0.5, 0.6) is 11.5 Å². The van der Waals surface area contributed by atoms with Gasteiger partial charge in [-0.1, -0.05) is 24.8 Å². The first-order chi connectivity index (χ1) is 19.1. The lowest BCUT2D eigenvalue weighted by Gasteiger charge is -2.31. The standard InChI is InChI=1S/C30H36N6O3/c1-4-31-29(33-19-23-20-36-14-6-8-22-7-5-9-25(23)28(22)36)32-18-21-12-15-35(16-13-21)30(37)34-26-11-10-24(38-2)17-27(26)39-3/h4-5,7,9-11,17,19-21H,1,6,8,12-16,18H2,2-3H3,(H,31,32)(H,34,37). The number of nitrogens with one attached hydrogen (secondary N) is 2. The van der Waals surface area contributed by atoms with Crippen molar-refractivity contribution < 1.29 is 14.3 Å². The number of ether oxygens (including phenoxy) is 2. The Hall–Kier alpha value is -4.27. The third-order valence-corrected chi connectivity index (χ3v) is 7.47. The molecule has 2 aliphatic heterocycles. The molecule has 0 unspecified atom stereocenters. The van der Waals surface area contributed by atoms with E-state index in [1.165, 1.54) is 16.5 Å². The lowest BCUT2D eigenvalue weighted by atomic mass is 9.97. The fraction of sp³-hybridized carbons (Fsp3) is 0.367. The lowest BCUT2D eigenvalue weighted by Crippen LogP contribution is -2.41. The predicted molar refractivity (Wildman–Crippen MR) is 156 cm³/mol. The van der Waals surface area contributed by atoms with Crippen molar-refractivity contribution in [3.63, 3.8) is 0 Å². The Labute approximate surface area is 229 Å². The van der Waals surface area contributed by atoms with E-state index < -0.39 is 0 Å². The highest BCUT2D eigenvalue weighted by atomic mass is 16.5. The normalized spacial score (nSPS) is 15.9. The Balaban J connectivity index is 1.18. The summed E-state index contributed by atoms with van der Waals surface area (Å²) in [5.41, 5.74) is 4.44. The number of nitrogens with zero attached hydrogens (tertiary/aromatic N) is 4. The third kappa shape index (κ3) is 5.92. The molecule has 9 nitrogen and oxygen atoms in total. The maximum atomic E-state index is 12.9. The molecule has 0 atom stereocenters. The number of methoxy groups -OCH3 is 2. The molecule has 0 saturated carbocycles. The van der Waals surface area contributed by atoms with E-state index in [0.717, 1.165) is 37.8 Å². The molecule has 2 amide bonds. The van der Waals surface area contributed by atoms with Gasteiger partial charge in [-0.05, 0) is 55.5 Å².